The van der Waals surface area contributed by atoms with Gasteiger partial charge in [0.15, 0.2) is 0 Å². The summed E-state index contributed by atoms with van der Waals surface area (Å²) in [5, 5.41) is 13.0. The number of nitrogens with one attached hydrogen (secondary N) is 2. The van der Waals surface area contributed by atoms with Gasteiger partial charge >= 0.3 is 5.97 Å². The van der Waals surface area contributed by atoms with E-state index in [0.29, 0.717) is 21.8 Å². The number of carbonyl (C=O) groups excluding carboxylic acids is 2. The van der Waals surface area contributed by atoms with E-state index in [1.807, 2.05) is 0 Å². The van der Waals surface area contributed by atoms with Crippen LogP contribution in [-0.4, -0.2) is 43.9 Å². The molecule has 2 aliphatic carbocycles. The van der Waals surface area contributed by atoms with Gasteiger partial charge in [0.2, 0.25) is 5.91 Å². The summed E-state index contributed by atoms with van der Waals surface area (Å²) < 4.78 is 106. The first-order valence-corrected chi connectivity index (χ1v) is 14.6. The summed E-state index contributed by atoms with van der Waals surface area (Å²) in [7, 11) is 1.07. The third-order valence-electron chi connectivity index (χ3n) is 8.62. The monoisotopic (exact) mass is 672 g/mol. The maximum atomic E-state index is 15.2. The smallest absolute Gasteiger partial charge is 0.340 e. The SMILES string of the molecule is COC(=O)c1cc(-c2cc3[nH]ncc3nc2[C@H](Cc2cc(F)cc(F)c2)NC(=O)Cn2nc(C(F)F)c3c2C(F)(F)[C@@H]2C[C@H]32)ccc1F. The number of ether oxygens (including phenoxy) is 1. The van der Waals surface area contributed by atoms with Crippen LogP contribution in [0.5, 0.6) is 0 Å². The number of hydrogen-bond donors (Lipinski definition) is 2. The number of rotatable bonds is 9. The number of benzene rings is 2. The second-order valence-electron chi connectivity index (χ2n) is 11.7. The first-order chi connectivity index (χ1) is 22.8. The Morgan fingerprint density at radius 2 is 1.83 bits per heavy atom. The molecule has 3 heterocycles. The van der Waals surface area contributed by atoms with Crippen molar-refractivity contribution in [3.05, 3.63) is 99.9 Å². The molecule has 2 N–H and O–H groups in total. The number of carbonyl (C=O) groups is 2. The van der Waals surface area contributed by atoms with Crippen LogP contribution in [0.1, 0.15) is 63.4 Å². The van der Waals surface area contributed by atoms with Crippen LogP contribution in [0.4, 0.5) is 30.7 Å². The molecule has 1 amide bonds. The molecule has 0 unspecified atom stereocenters. The standard InChI is InChI=1S/C32H23F7N6O3/c1-48-31(47)19-7-14(2-3-21(19)35)17-10-22-24(11-40-43-22)42-27(17)23(6-13-4-15(33)8-16(34)5-13)41-25(46)12-45-29-26(28(44-45)30(36)37)18-9-20(18)32(29,38)39/h2-5,7-8,10-11,18,20,23,30H,6,9,12H2,1H3,(H,40,43)(H,41,46)/t18-,20+,23-/m0/s1. The van der Waals surface area contributed by atoms with Crippen molar-refractivity contribution < 1.29 is 45.1 Å². The zero-order chi connectivity index (χ0) is 34.1. The number of nitrogens with zero attached hydrogens (tertiary/aromatic N) is 4. The summed E-state index contributed by atoms with van der Waals surface area (Å²) >= 11 is 0. The van der Waals surface area contributed by atoms with Crippen LogP contribution in [0, 0.1) is 23.4 Å². The van der Waals surface area contributed by atoms with Crippen molar-refractivity contribution in [1.29, 1.82) is 0 Å². The lowest BCUT2D eigenvalue weighted by atomic mass is 9.94. The first kappa shape index (κ1) is 31.3. The van der Waals surface area contributed by atoms with Crippen molar-refractivity contribution >= 4 is 22.9 Å². The molecule has 0 bridgehead atoms. The highest BCUT2D eigenvalue weighted by molar-refractivity contribution is 5.92. The summed E-state index contributed by atoms with van der Waals surface area (Å²) in [6, 6.07) is 6.53. The van der Waals surface area contributed by atoms with E-state index < -0.39 is 83.0 Å². The predicted octanol–water partition coefficient (Wildman–Crippen LogP) is 6.27. The Morgan fingerprint density at radius 3 is 2.54 bits per heavy atom. The highest BCUT2D eigenvalue weighted by Gasteiger charge is 2.67. The number of methoxy groups -OCH3 is 1. The molecule has 0 spiro atoms. The number of hydrogen-bond acceptors (Lipinski definition) is 6. The molecule has 0 radical (unpaired) electrons. The van der Waals surface area contributed by atoms with Crippen molar-refractivity contribution in [2.75, 3.05) is 7.11 Å². The van der Waals surface area contributed by atoms with Crippen LogP contribution in [0.15, 0.2) is 48.7 Å². The summed E-state index contributed by atoms with van der Waals surface area (Å²) in [4.78, 5) is 30.5. The largest absolute Gasteiger partial charge is 0.465 e. The van der Waals surface area contributed by atoms with Gasteiger partial charge in [-0.2, -0.15) is 19.0 Å². The number of H-pyrrole nitrogens is 1. The number of amides is 1. The van der Waals surface area contributed by atoms with Crippen LogP contribution in [0.2, 0.25) is 0 Å². The van der Waals surface area contributed by atoms with E-state index in [1.54, 1.807) is 6.07 Å². The molecule has 5 aromatic rings. The normalized spacial score (nSPS) is 18.1. The third-order valence-corrected chi connectivity index (χ3v) is 8.62. The maximum Gasteiger partial charge on any atom is 0.340 e. The Balaban J connectivity index is 1.32. The number of aromatic amines is 1. The zero-order valence-corrected chi connectivity index (χ0v) is 24.7. The van der Waals surface area contributed by atoms with Crippen LogP contribution < -0.4 is 5.32 Å². The Bertz CT molecular complexity index is 2090. The minimum Gasteiger partial charge on any atom is -0.465 e. The van der Waals surface area contributed by atoms with Gasteiger partial charge in [-0.25, -0.2) is 31.7 Å². The second kappa shape index (κ2) is 11.5. The summed E-state index contributed by atoms with van der Waals surface area (Å²) in [5.74, 6) is -10.0. The summed E-state index contributed by atoms with van der Waals surface area (Å²) in [6.07, 6.45) is -2.04. The van der Waals surface area contributed by atoms with Crippen LogP contribution in [0.3, 0.4) is 0 Å². The van der Waals surface area contributed by atoms with E-state index >= 15 is 8.78 Å². The van der Waals surface area contributed by atoms with Crippen molar-refractivity contribution in [2.24, 2.45) is 5.92 Å². The van der Waals surface area contributed by atoms with Gasteiger partial charge in [-0.3, -0.25) is 14.6 Å². The molecular weight excluding hydrogens is 649 g/mol. The Hall–Kier alpha value is -5.28. The number of pyridine rings is 1. The van der Waals surface area contributed by atoms with E-state index in [0.717, 1.165) is 25.3 Å². The molecule has 3 aromatic heterocycles. The second-order valence-corrected chi connectivity index (χ2v) is 11.7. The van der Waals surface area contributed by atoms with Gasteiger partial charge in [0, 0.05) is 23.1 Å². The lowest BCUT2D eigenvalue weighted by Gasteiger charge is -2.23. The molecule has 248 valence electrons. The Morgan fingerprint density at radius 1 is 1.08 bits per heavy atom. The molecule has 2 aliphatic rings. The number of fused-ring (bicyclic) bond motifs is 4. The minimum absolute atomic E-state index is 0.0376. The Kier molecular flexibility index (Phi) is 7.47. The predicted molar refractivity (Wildman–Crippen MR) is 153 cm³/mol. The fourth-order valence-electron chi connectivity index (χ4n) is 6.48. The van der Waals surface area contributed by atoms with Gasteiger partial charge in [0.25, 0.3) is 12.3 Å². The van der Waals surface area contributed by atoms with E-state index in [1.165, 1.54) is 18.3 Å². The van der Waals surface area contributed by atoms with Gasteiger partial charge < -0.3 is 10.1 Å². The highest BCUT2D eigenvalue weighted by atomic mass is 19.3. The van der Waals surface area contributed by atoms with Gasteiger partial charge in [-0.05, 0) is 60.2 Å². The Labute approximate surface area is 266 Å². The molecular formula is C32H23F7N6O3. The van der Waals surface area contributed by atoms with E-state index in [2.05, 4.69) is 30.3 Å². The van der Waals surface area contributed by atoms with E-state index in [9.17, 15) is 31.5 Å². The van der Waals surface area contributed by atoms with Crippen LogP contribution in [0.25, 0.3) is 22.2 Å². The van der Waals surface area contributed by atoms with Crippen LogP contribution >= 0.6 is 0 Å². The molecule has 48 heavy (non-hydrogen) atoms. The quantitative estimate of drug-likeness (QED) is 0.141. The lowest BCUT2D eigenvalue weighted by Crippen LogP contribution is -2.35. The molecule has 9 nitrogen and oxygen atoms in total. The van der Waals surface area contributed by atoms with Gasteiger partial charge in [-0.1, -0.05) is 6.07 Å². The fourth-order valence-corrected chi connectivity index (χ4v) is 6.48. The van der Waals surface area contributed by atoms with Crippen molar-refractivity contribution in [3.8, 4) is 11.1 Å². The number of alkyl halides is 4. The van der Waals surface area contributed by atoms with Gasteiger partial charge in [0.05, 0.1) is 36.1 Å². The third kappa shape index (κ3) is 5.34. The van der Waals surface area contributed by atoms with Crippen molar-refractivity contribution in [2.45, 2.75) is 43.7 Å². The zero-order valence-electron chi connectivity index (χ0n) is 24.7. The molecule has 1 fully saturated rings. The summed E-state index contributed by atoms with van der Waals surface area (Å²) in [5.41, 5.74) is -0.928. The van der Waals surface area contributed by atoms with E-state index in [4.69, 9.17) is 0 Å². The molecule has 1 saturated carbocycles. The average molecular weight is 673 g/mol. The highest BCUT2D eigenvalue weighted by Crippen LogP contribution is 2.68. The number of esters is 1. The topological polar surface area (TPSA) is 115 Å². The first-order valence-electron chi connectivity index (χ1n) is 14.6. The molecule has 3 atom stereocenters. The van der Waals surface area contributed by atoms with Gasteiger partial charge in [-0.15, -0.1) is 0 Å². The maximum absolute atomic E-state index is 15.2. The number of halogens is 7. The minimum atomic E-state index is -3.47. The molecule has 2 aromatic carbocycles. The molecule has 0 aliphatic heterocycles. The fraction of sp³-hybridized carbons (Fsp3) is 0.281. The molecule has 0 saturated heterocycles. The van der Waals surface area contributed by atoms with Crippen LogP contribution in [-0.2, 0) is 28.4 Å². The van der Waals surface area contributed by atoms with Crippen molar-refractivity contribution in [1.82, 2.24) is 30.3 Å². The van der Waals surface area contributed by atoms with Crippen molar-refractivity contribution in [3.63, 3.8) is 0 Å². The molecule has 7 rings (SSSR count). The number of aromatic nitrogens is 5. The summed E-state index contributed by atoms with van der Waals surface area (Å²) in [6.45, 7) is -0.885. The molecule has 16 heteroatoms. The van der Waals surface area contributed by atoms with Gasteiger partial charge in [0.1, 0.15) is 40.9 Å². The van der Waals surface area contributed by atoms with E-state index in [-0.39, 0.29) is 40.8 Å². The lowest BCUT2D eigenvalue weighted by molar-refractivity contribution is -0.123. The average Bonchev–Trinajstić information content (AvgIpc) is 3.44.